The summed E-state index contributed by atoms with van der Waals surface area (Å²) >= 11 is 0. The molecule has 5 nitrogen and oxygen atoms in total. The van der Waals surface area contributed by atoms with E-state index < -0.39 is 0 Å². The van der Waals surface area contributed by atoms with Gasteiger partial charge in [-0.3, -0.25) is 0 Å². The van der Waals surface area contributed by atoms with E-state index in [0.29, 0.717) is 17.5 Å². The van der Waals surface area contributed by atoms with Crippen LogP contribution < -0.4 is 0 Å². The molecule has 0 atom stereocenters. The Labute approximate surface area is 379 Å². The zero-order chi connectivity index (χ0) is 43.3. The molecule has 0 saturated heterocycles. The summed E-state index contributed by atoms with van der Waals surface area (Å²) in [5.41, 5.74) is 9.82. The fourth-order valence-corrected chi connectivity index (χ4v) is 10.3. The van der Waals surface area contributed by atoms with Crippen LogP contribution in [0.2, 0.25) is 0 Å². The lowest BCUT2D eigenvalue weighted by molar-refractivity contribution is 1.07. The van der Waals surface area contributed by atoms with Crippen LogP contribution in [0.1, 0.15) is 0 Å². The first kappa shape index (κ1) is 36.5. The van der Waals surface area contributed by atoms with Crippen molar-refractivity contribution in [3.63, 3.8) is 0 Å². The van der Waals surface area contributed by atoms with Crippen molar-refractivity contribution in [2.24, 2.45) is 0 Å². The first-order valence-corrected chi connectivity index (χ1v) is 22.4. The van der Waals surface area contributed by atoms with Gasteiger partial charge in [-0.05, 0) is 104 Å². The highest BCUT2D eigenvalue weighted by Gasteiger charge is 2.21. The summed E-state index contributed by atoms with van der Waals surface area (Å²) in [5.74, 6) is 1.93. The molecule has 0 spiro atoms. The predicted octanol–water partition coefficient (Wildman–Crippen LogP) is 15.7. The third kappa shape index (κ3) is 5.70. The highest BCUT2D eigenvalue weighted by molar-refractivity contribution is 6.25. The lowest BCUT2D eigenvalue weighted by Crippen LogP contribution is -2.00. The summed E-state index contributed by atoms with van der Waals surface area (Å²) in [6.45, 7) is 0. The van der Waals surface area contributed by atoms with E-state index in [0.717, 1.165) is 44.2 Å². The Morgan fingerprint density at radius 1 is 0.242 bits per heavy atom. The fourth-order valence-electron chi connectivity index (χ4n) is 10.3. The second kappa shape index (κ2) is 14.3. The van der Waals surface area contributed by atoms with Crippen molar-refractivity contribution in [2.75, 3.05) is 0 Å². The maximum atomic E-state index is 5.11. The summed E-state index contributed by atoms with van der Waals surface area (Å²) < 4.78 is 4.90. The Kier molecular flexibility index (Phi) is 7.91. The maximum absolute atomic E-state index is 5.11. The van der Waals surface area contributed by atoms with Gasteiger partial charge in [-0.1, -0.05) is 164 Å². The Balaban J connectivity index is 0.945. The molecule has 0 saturated carbocycles. The molecule has 0 aliphatic rings. The number of para-hydroxylation sites is 1. The molecular weight excluding hydrogens is 803 g/mol. The largest absolute Gasteiger partial charge is 0.309 e. The van der Waals surface area contributed by atoms with Gasteiger partial charge in [0.15, 0.2) is 17.5 Å². The average molecular weight is 840 g/mol. The van der Waals surface area contributed by atoms with Crippen molar-refractivity contribution >= 4 is 86.7 Å². The molecule has 3 heterocycles. The number of nitrogens with zero attached hydrogens (tertiary/aromatic N) is 5. The molecule has 0 N–H and O–H groups in total. The molecule has 0 aliphatic carbocycles. The van der Waals surface area contributed by atoms with Crippen molar-refractivity contribution in [1.29, 1.82) is 0 Å². The molecule has 0 aliphatic heterocycles. The topological polar surface area (TPSA) is 48.5 Å². The van der Waals surface area contributed by atoms with Crippen LogP contribution in [-0.4, -0.2) is 24.1 Å². The maximum Gasteiger partial charge on any atom is 0.164 e. The predicted molar refractivity (Wildman–Crippen MR) is 275 cm³/mol. The highest BCUT2D eigenvalue weighted by Crippen LogP contribution is 2.42. The van der Waals surface area contributed by atoms with Crippen LogP contribution in [-0.2, 0) is 0 Å². The van der Waals surface area contributed by atoms with Crippen molar-refractivity contribution in [1.82, 2.24) is 24.1 Å². The van der Waals surface area contributed by atoms with Crippen molar-refractivity contribution in [3.05, 3.63) is 224 Å². The van der Waals surface area contributed by atoms with Crippen LogP contribution in [0.15, 0.2) is 224 Å². The van der Waals surface area contributed by atoms with E-state index in [1.807, 2.05) is 18.2 Å². The quantitative estimate of drug-likeness (QED) is 0.173. The van der Waals surface area contributed by atoms with E-state index in [9.17, 15) is 0 Å². The van der Waals surface area contributed by atoms with Crippen LogP contribution in [0.3, 0.4) is 0 Å². The number of benzene rings is 11. The second-order valence-electron chi connectivity index (χ2n) is 17.3. The SMILES string of the molecule is c1ccc(-c2nc(-c3ccc4ccccc4c3)nc(-c3ccc4cc(-n5c6ccccc6c6cc7c(cc65)c5c6ccccc6ccc5n7-c5ccc6ccccc6c5)ccc4c3)n2)cc1. The van der Waals surface area contributed by atoms with Gasteiger partial charge < -0.3 is 9.13 Å². The zero-order valence-electron chi connectivity index (χ0n) is 35.6. The highest BCUT2D eigenvalue weighted by atomic mass is 15.0. The molecular formula is C61H37N5. The average Bonchev–Trinajstić information content (AvgIpc) is 3.89. The molecule has 306 valence electrons. The van der Waals surface area contributed by atoms with Crippen molar-refractivity contribution in [2.45, 2.75) is 0 Å². The first-order chi connectivity index (χ1) is 32.7. The van der Waals surface area contributed by atoms with Gasteiger partial charge in [0, 0.05) is 49.6 Å². The van der Waals surface area contributed by atoms with Crippen LogP contribution in [0.4, 0.5) is 0 Å². The molecule has 0 fully saturated rings. The minimum absolute atomic E-state index is 0.639. The first-order valence-electron chi connectivity index (χ1n) is 22.4. The number of hydrogen-bond donors (Lipinski definition) is 0. The Bertz CT molecular complexity index is 4290. The molecule has 3 aromatic heterocycles. The van der Waals surface area contributed by atoms with Crippen LogP contribution in [0.5, 0.6) is 0 Å². The van der Waals surface area contributed by atoms with E-state index in [1.54, 1.807) is 0 Å². The normalized spacial score (nSPS) is 11.9. The molecule has 14 rings (SSSR count). The van der Waals surface area contributed by atoms with E-state index in [4.69, 9.17) is 15.0 Å². The third-order valence-corrected chi connectivity index (χ3v) is 13.5. The Hall–Kier alpha value is -8.93. The van der Waals surface area contributed by atoms with E-state index >= 15 is 0 Å². The van der Waals surface area contributed by atoms with Crippen LogP contribution >= 0.6 is 0 Å². The molecule has 5 heteroatoms. The van der Waals surface area contributed by atoms with E-state index in [-0.39, 0.29) is 0 Å². The van der Waals surface area contributed by atoms with Crippen molar-refractivity contribution < 1.29 is 0 Å². The third-order valence-electron chi connectivity index (χ3n) is 13.5. The molecule has 0 radical (unpaired) electrons. The lowest BCUT2D eigenvalue weighted by Gasteiger charge is -2.12. The summed E-state index contributed by atoms with van der Waals surface area (Å²) in [4.78, 5) is 15.2. The van der Waals surface area contributed by atoms with E-state index in [1.165, 1.54) is 70.5 Å². The van der Waals surface area contributed by atoms with Crippen LogP contribution in [0.25, 0.3) is 132 Å². The van der Waals surface area contributed by atoms with Gasteiger partial charge in [-0.2, -0.15) is 0 Å². The second-order valence-corrected chi connectivity index (χ2v) is 17.3. The molecule has 0 amide bonds. The monoisotopic (exact) mass is 839 g/mol. The smallest absolute Gasteiger partial charge is 0.164 e. The minimum Gasteiger partial charge on any atom is -0.309 e. The number of fused-ring (bicyclic) bond motifs is 11. The van der Waals surface area contributed by atoms with Gasteiger partial charge in [-0.25, -0.2) is 15.0 Å². The molecule has 0 bridgehead atoms. The van der Waals surface area contributed by atoms with E-state index in [2.05, 4.69) is 215 Å². The van der Waals surface area contributed by atoms with Gasteiger partial charge in [-0.15, -0.1) is 0 Å². The zero-order valence-corrected chi connectivity index (χ0v) is 35.6. The molecule has 11 aromatic carbocycles. The van der Waals surface area contributed by atoms with Gasteiger partial charge in [0.1, 0.15) is 0 Å². The van der Waals surface area contributed by atoms with Gasteiger partial charge in [0.2, 0.25) is 0 Å². The molecule has 0 unspecified atom stereocenters. The van der Waals surface area contributed by atoms with Crippen LogP contribution in [0, 0.1) is 0 Å². The standard InChI is InChI=1S/C61H37N5/c1-2-15-41(16-3-1)59-62-60(46-24-22-38-12-4-6-17-42(38)32-46)64-61(63-59)47-25-23-45-35-48(30-27-44(45)33-47)65-54-21-11-10-20-51(54)52-36-57-53(37-56(52)65)58-50-19-9-8-14-40(50)28-31-55(58)66(57)49-29-26-39-13-5-7-18-43(39)34-49/h1-37H. The number of hydrogen-bond acceptors (Lipinski definition) is 3. The molecule has 66 heavy (non-hydrogen) atoms. The van der Waals surface area contributed by atoms with Gasteiger partial charge in [0.25, 0.3) is 0 Å². The summed E-state index contributed by atoms with van der Waals surface area (Å²) in [6.07, 6.45) is 0. The number of rotatable bonds is 5. The van der Waals surface area contributed by atoms with Gasteiger partial charge >= 0.3 is 0 Å². The summed E-state index contributed by atoms with van der Waals surface area (Å²) in [6, 6.07) is 80.7. The number of aromatic nitrogens is 5. The lowest BCUT2D eigenvalue weighted by atomic mass is 10.0. The Morgan fingerprint density at radius 2 is 0.697 bits per heavy atom. The summed E-state index contributed by atoms with van der Waals surface area (Å²) in [7, 11) is 0. The van der Waals surface area contributed by atoms with Gasteiger partial charge in [0.05, 0.1) is 22.1 Å². The summed E-state index contributed by atoms with van der Waals surface area (Å²) in [5, 5.41) is 14.4. The Morgan fingerprint density at radius 3 is 1.41 bits per heavy atom. The minimum atomic E-state index is 0.639. The van der Waals surface area contributed by atoms with Crippen molar-refractivity contribution in [3.8, 4) is 45.5 Å². The molecule has 14 aromatic rings. The fraction of sp³-hybridized carbons (Fsp3) is 0.